The number of thiazole rings is 1. The van der Waals surface area contributed by atoms with Gasteiger partial charge in [0.1, 0.15) is 0 Å². The molecule has 0 amide bonds. The van der Waals surface area contributed by atoms with Crippen molar-refractivity contribution in [1.29, 1.82) is 0 Å². The van der Waals surface area contributed by atoms with Gasteiger partial charge < -0.3 is 0 Å². The minimum atomic E-state index is 0.105. The predicted molar refractivity (Wildman–Crippen MR) is 66.0 cm³/mol. The van der Waals surface area contributed by atoms with E-state index in [1.165, 1.54) is 11.3 Å². The standard InChI is InChI=1S/C11H12ClNOS/c1-8(6-12)7-13-9-4-2-3-5-10(9)15-11(13)14/h2-5,8H,6-7H2,1H3/t8-/m0/s1. The Balaban J connectivity index is 2.50. The second-order valence-electron chi connectivity index (χ2n) is 3.71. The summed E-state index contributed by atoms with van der Waals surface area (Å²) in [5, 5.41) is 0. The lowest BCUT2D eigenvalue weighted by Gasteiger charge is -2.08. The van der Waals surface area contributed by atoms with Crippen molar-refractivity contribution in [3.8, 4) is 0 Å². The number of fused-ring (bicyclic) bond motifs is 1. The quantitative estimate of drug-likeness (QED) is 0.758. The molecule has 0 saturated heterocycles. The van der Waals surface area contributed by atoms with Crippen LogP contribution in [-0.4, -0.2) is 10.4 Å². The molecule has 1 aromatic carbocycles. The number of benzene rings is 1. The molecule has 0 spiro atoms. The number of alkyl halides is 1. The van der Waals surface area contributed by atoms with Crippen LogP contribution < -0.4 is 4.87 Å². The second kappa shape index (κ2) is 4.37. The van der Waals surface area contributed by atoms with Crippen molar-refractivity contribution in [1.82, 2.24) is 4.57 Å². The number of nitrogens with zero attached hydrogens (tertiary/aromatic N) is 1. The van der Waals surface area contributed by atoms with E-state index in [0.717, 1.165) is 10.2 Å². The van der Waals surface area contributed by atoms with Crippen molar-refractivity contribution < 1.29 is 0 Å². The third-order valence-electron chi connectivity index (χ3n) is 2.33. The summed E-state index contributed by atoms with van der Waals surface area (Å²) in [6.45, 7) is 2.75. The summed E-state index contributed by atoms with van der Waals surface area (Å²) in [6.07, 6.45) is 0. The Kier molecular flexibility index (Phi) is 3.12. The van der Waals surface area contributed by atoms with Gasteiger partial charge in [0, 0.05) is 12.4 Å². The maximum Gasteiger partial charge on any atom is 0.308 e. The summed E-state index contributed by atoms with van der Waals surface area (Å²) in [4.78, 5) is 11.8. The first kappa shape index (κ1) is 10.7. The third kappa shape index (κ3) is 2.08. The van der Waals surface area contributed by atoms with Gasteiger partial charge in [-0.15, -0.1) is 11.6 Å². The molecule has 4 heteroatoms. The molecule has 0 radical (unpaired) electrons. The summed E-state index contributed by atoms with van der Waals surface area (Å²) < 4.78 is 2.86. The van der Waals surface area contributed by atoms with E-state index >= 15 is 0 Å². The van der Waals surface area contributed by atoms with Crippen LogP contribution in [0.1, 0.15) is 6.92 Å². The summed E-state index contributed by atoms with van der Waals surface area (Å²) in [5.74, 6) is 0.902. The maximum atomic E-state index is 11.7. The summed E-state index contributed by atoms with van der Waals surface area (Å²) in [6, 6.07) is 7.86. The fourth-order valence-electron chi connectivity index (χ4n) is 1.55. The molecule has 0 N–H and O–H groups in total. The van der Waals surface area contributed by atoms with E-state index in [0.29, 0.717) is 18.3 Å². The molecule has 2 rings (SSSR count). The fraction of sp³-hybridized carbons (Fsp3) is 0.364. The molecule has 0 unspecified atom stereocenters. The molecule has 0 fully saturated rings. The minimum Gasteiger partial charge on any atom is -0.298 e. The first-order valence-electron chi connectivity index (χ1n) is 4.86. The average molecular weight is 242 g/mol. The first-order valence-corrected chi connectivity index (χ1v) is 6.22. The van der Waals surface area contributed by atoms with Crippen molar-refractivity contribution in [3.63, 3.8) is 0 Å². The average Bonchev–Trinajstić information content (AvgIpc) is 2.55. The Hall–Kier alpha value is -0.800. The summed E-state index contributed by atoms with van der Waals surface area (Å²) >= 11 is 7.06. The van der Waals surface area contributed by atoms with Crippen LogP contribution in [0.3, 0.4) is 0 Å². The third-order valence-corrected chi connectivity index (χ3v) is 3.82. The molecule has 0 saturated carbocycles. The lowest BCUT2D eigenvalue weighted by Crippen LogP contribution is -2.18. The summed E-state index contributed by atoms with van der Waals surface area (Å²) in [5.41, 5.74) is 1.02. The van der Waals surface area contributed by atoms with E-state index in [1.807, 2.05) is 35.8 Å². The molecule has 1 aromatic heterocycles. The number of aromatic nitrogens is 1. The minimum absolute atomic E-state index is 0.105. The molecular weight excluding hydrogens is 230 g/mol. The molecule has 15 heavy (non-hydrogen) atoms. The number of para-hydroxylation sites is 1. The highest BCUT2D eigenvalue weighted by molar-refractivity contribution is 7.16. The Labute approximate surface area is 97.1 Å². The zero-order valence-electron chi connectivity index (χ0n) is 8.44. The number of rotatable bonds is 3. The number of halogens is 1. The second-order valence-corrected chi connectivity index (χ2v) is 5.01. The number of hydrogen-bond donors (Lipinski definition) is 0. The number of hydrogen-bond acceptors (Lipinski definition) is 2. The first-order chi connectivity index (χ1) is 7.22. The predicted octanol–water partition coefficient (Wildman–Crippen LogP) is 2.94. The van der Waals surface area contributed by atoms with Crippen LogP contribution in [0.25, 0.3) is 10.2 Å². The molecule has 1 heterocycles. The van der Waals surface area contributed by atoms with Gasteiger partial charge in [-0.2, -0.15) is 0 Å². The van der Waals surface area contributed by atoms with Crippen molar-refractivity contribution in [2.24, 2.45) is 5.92 Å². The van der Waals surface area contributed by atoms with Gasteiger partial charge >= 0.3 is 4.87 Å². The highest BCUT2D eigenvalue weighted by Gasteiger charge is 2.09. The molecule has 0 aliphatic heterocycles. The Morgan fingerprint density at radius 3 is 2.93 bits per heavy atom. The van der Waals surface area contributed by atoms with Gasteiger partial charge in [-0.3, -0.25) is 9.36 Å². The van der Waals surface area contributed by atoms with Crippen molar-refractivity contribution >= 4 is 33.2 Å². The van der Waals surface area contributed by atoms with E-state index in [1.54, 1.807) is 0 Å². The van der Waals surface area contributed by atoms with E-state index < -0.39 is 0 Å². The van der Waals surface area contributed by atoms with Crippen LogP contribution in [0, 0.1) is 5.92 Å². The van der Waals surface area contributed by atoms with Crippen LogP contribution in [-0.2, 0) is 6.54 Å². The Morgan fingerprint density at radius 1 is 1.47 bits per heavy atom. The molecule has 2 aromatic rings. The maximum absolute atomic E-state index is 11.7. The van der Waals surface area contributed by atoms with E-state index in [2.05, 4.69) is 0 Å². The van der Waals surface area contributed by atoms with Crippen molar-refractivity contribution in [3.05, 3.63) is 33.9 Å². The van der Waals surface area contributed by atoms with Crippen molar-refractivity contribution in [2.45, 2.75) is 13.5 Å². The van der Waals surface area contributed by atoms with Gasteiger partial charge in [0.05, 0.1) is 10.2 Å². The smallest absolute Gasteiger partial charge is 0.298 e. The zero-order valence-corrected chi connectivity index (χ0v) is 10.0. The lowest BCUT2D eigenvalue weighted by atomic mass is 10.2. The zero-order chi connectivity index (χ0) is 10.8. The molecule has 80 valence electrons. The van der Waals surface area contributed by atoms with E-state index in [-0.39, 0.29) is 4.87 Å². The van der Waals surface area contributed by atoms with Crippen LogP contribution in [0.2, 0.25) is 0 Å². The van der Waals surface area contributed by atoms with E-state index in [9.17, 15) is 4.79 Å². The van der Waals surface area contributed by atoms with Crippen LogP contribution >= 0.6 is 22.9 Å². The SMILES string of the molecule is C[C@@H](CCl)Cn1c(=O)sc2ccccc21. The van der Waals surface area contributed by atoms with Gasteiger partial charge in [-0.25, -0.2) is 0 Å². The van der Waals surface area contributed by atoms with Crippen LogP contribution in [0.5, 0.6) is 0 Å². The molecular formula is C11H12ClNOS. The van der Waals surface area contributed by atoms with Crippen LogP contribution in [0.4, 0.5) is 0 Å². The molecule has 1 atom stereocenters. The summed E-state index contributed by atoms with van der Waals surface area (Å²) in [7, 11) is 0. The Morgan fingerprint density at radius 2 is 2.20 bits per heavy atom. The lowest BCUT2D eigenvalue weighted by molar-refractivity contribution is 0.534. The van der Waals surface area contributed by atoms with Crippen LogP contribution in [0.15, 0.2) is 29.1 Å². The Bertz CT molecular complexity index is 517. The molecule has 0 bridgehead atoms. The van der Waals surface area contributed by atoms with Gasteiger partial charge in [-0.05, 0) is 18.1 Å². The molecule has 2 nitrogen and oxygen atoms in total. The topological polar surface area (TPSA) is 22.0 Å². The normalized spacial score (nSPS) is 13.2. The van der Waals surface area contributed by atoms with Gasteiger partial charge in [0.15, 0.2) is 0 Å². The van der Waals surface area contributed by atoms with Gasteiger partial charge in [0.25, 0.3) is 0 Å². The highest BCUT2D eigenvalue weighted by atomic mass is 35.5. The largest absolute Gasteiger partial charge is 0.308 e. The van der Waals surface area contributed by atoms with E-state index in [4.69, 9.17) is 11.6 Å². The molecule has 0 aliphatic rings. The highest BCUT2D eigenvalue weighted by Crippen LogP contribution is 2.17. The fourth-order valence-corrected chi connectivity index (χ4v) is 2.55. The molecule has 0 aliphatic carbocycles. The van der Waals surface area contributed by atoms with Crippen molar-refractivity contribution in [2.75, 3.05) is 5.88 Å². The monoisotopic (exact) mass is 241 g/mol. The van der Waals surface area contributed by atoms with Gasteiger partial charge in [0.2, 0.25) is 0 Å². The van der Waals surface area contributed by atoms with Gasteiger partial charge in [-0.1, -0.05) is 30.4 Å².